The normalized spacial score (nSPS) is 16.1. The first-order chi connectivity index (χ1) is 6.68. The van der Waals surface area contributed by atoms with Gasteiger partial charge in [-0.25, -0.2) is 4.73 Å². The summed E-state index contributed by atoms with van der Waals surface area (Å²) in [6.45, 7) is 2.03. The molecule has 1 fully saturated rings. The summed E-state index contributed by atoms with van der Waals surface area (Å²) in [5, 5.41) is 11.2. The minimum absolute atomic E-state index is 0.159. The molecule has 0 aliphatic carbocycles. The molecule has 1 saturated heterocycles. The molecular formula is C9H14N4O. The Bertz CT molecular complexity index is 324. The van der Waals surface area contributed by atoms with Gasteiger partial charge in [0.2, 0.25) is 11.6 Å². The van der Waals surface area contributed by atoms with E-state index < -0.39 is 0 Å². The van der Waals surface area contributed by atoms with Crippen LogP contribution in [0.1, 0.15) is 12.8 Å². The van der Waals surface area contributed by atoms with Crippen molar-refractivity contribution in [2.45, 2.75) is 12.8 Å². The monoisotopic (exact) mass is 194 g/mol. The van der Waals surface area contributed by atoms with Crippen LogP contribution >= 0.6 is 0 Å². The summed E-state index contributed by atoms with van der Waals surface area (Å²) in [5.41, 5.74) is 12.0. The van der Waals surface area contributed by atoms with Crippen molar-refractivity contribution in [1.29, 1.82) is 0 Å². The van der Waals surface area contributed by atoms with Crippen molar-refractivity contribution in [2.75, 3.05) is 29.5 Å². The highest BCUT2D eigenvalue weighted by atomic mass is 16.5. The Hall–Kier alpha value is -1.65. The van der Waals surface area contributed by atoms with E-state index in [4.69, 9.17) is 11.5 Å². The van der Waals surface area contributed by atoms with Crippen LogP contribution in [0.3, 0.4) is 0 Å². The van der Waals surface area contributed by atoms with Crippen LogP contribution in [0.25, 0.3) is 0 Å². The molecule has 0 spiro atoms. The maximum atomic E-state index is 11.2. The highest BCUT2D eigenvalue weighted by Gasteiger charge is 2.15. The fourth-order valence-corrected chi connectivity index (χ4v) is 1.77. The molecule has 76 valence electrons. The molecule has 0 aromatic carbocycles. The van der Waals surface area contributed by atoms with Crippen molar-refractivity contribution >= 4 is 17.3 Å². The average molecular weight is 194 g/mol. The molecule has 1 aromatic rings. The molecule has 2 heterocycles. The van der Waals surface area contributed by atoms with Gasteiger partial charge in [-0.05, 0) is 12.8 Å². The average Bonchev–Trinajstić information content (AvgIpc) is 2.66. The first-order valence-corrected chi connectivity index (χ1v) is 4.72. The van der Waals surface area contributed by atoms with Gasteiger partial charge in [0, 0.05) is 30.9 Å². The third-order valence-electron chi connectivity index (χ3n) is 2.53. The molecule has 0 amide bonds. The molecular weight excluding hydrogens is 180 g/mol. The number of nitrogen functional groups attached to an aromatic ring is 2. The number of hydrogen-bond donors (Lipinski definition) is 2. The van der Waals surface area contributed by atoms with E-state index in [1.807, 2.05) is 0 Å². The number of aromatic nitrogens is 1. The fourth-order valence-electron chi connectivity index (χ4n) is 1.77. The van der Waals surface area contributed by atoms with Crippen molar-refractivity contribution in [3.8, 4) is 0 Å². The van der Waals surface area contributed by atoms with Crippen LogP contribution < -0.4 is 21.1 Å². The Kier molecular flexibility index (Phi) is 2.07. The third kappa shape index (κ3) is 1.41. The number of rotatable bonds is 1. The zero-order valence-corrected chi connectivity index (χ0v) is 7.94. The summed E-state index contributed by atoms with van der Waals surface area (Å²) < 4.78 is 0.541. The summed E-state index contributed by atoms with van der Waals surface area (Å²) >= 11 is 0. The van der Waals surface area contributed by atoms with E-state index in [2.05, 4.69) is 4.90 Å². The number of anilines is 3. The molecule has 1 aliphatic heterocycles. The molecule has 5 heteroatoms. The van der Waals surface area contributed by atoms with Gasteiger partial charge in [-0.2, -0.15) is 0 Å². The van der Waals surface area contributed by atoms with Crippen LogP contribution in [0.2, 0.25) is 0 Å². The molecule has 0 bridgehead atoms. The van der Waals surface area contributed by atoms with Gasteiger partial charge in [0.1, 0.15) is 0 Å². The molecule has 0 unspecified atom stereocenters. The minimum atomic E-state index is 0.159. The van der Waals surface area contributed by atoms with Gasteiger partial charge in [-0.3, -0.25) is 0 Å². The lowest BCUT2D eigenvalue weighted by Gasteiger charge is -2.19. The summed E-state index contributed by atoms with van der Waals surface area (Å²) in [4.78, 5) is 2.19. The number of hydrogen-bond acceptors (Lipinski definition) is 4. The number of nitrogens with zero attached hydrogens (tertiary/aromatic N) is 2. The standard InChI is InChI=1S/C9H14N4O/c10-8-5-7(6-9(11)13(8)14)12-3-1-2-4-12/h5-6H,1-4,10-11H2. The van der Waals surface area contributed by atoms with Crippen molar-refractivity contribution in [3.05, 3.63) is 17.3 Å². The maximum absolute atomic E-state index is 11.2. The van der Waals surface area contributed by atoms with Crippen molar-refractivity contribution in [3.63, 3.8) is 0 Å². The van der Waals surface area contributed by atoms with Crippen molar-refractivity contribution in [2.24, 2.45) is 0 Å². The van der Waals surface area contributed by atoms with E-state index in [1.165, 1.54) is 12.8 Å². The molecule has 1 aromatic heterocycles. The predicted octanol–water partition coefficient (Wildman–Crippen LogP) is 0.0846. The second kappa shape index (κ2) is 3.25. The fraction of sp³-hybridized carbons (Fsp3) is 0.444. The maximum Gasteiger partial charge on any atom is 0.221 e. The van der Waals surface area contributed by atoms with E-state index in [0.717, 1.165) is 18.8 Å². The van der Waals surface area contributed by atoms with Gasteiger partial charge in [0.05, 0.1) is 0 Å². The van der Waals surface area contributed by atoms with Crippen LogP contribution in [0.5, 0.6) is 0 Å². The predicted molar refractivity (Wildman–Crippen MR) is 55.7 cm³/mol. The zero-order valence-electron chi connectivity index (χ0n) is 7.94. The van der Waals surface area contributed by atoms with Gasteiger partial charge < -0.3 is 21.6 Å². The largest absolute Gasteiger partial charge is 0.740 e. The smallest absolute Gasteiger partial charge is 0.221 e. The quantitative estimate of drug-likeness (QED) is 0.490. The number of pyridine rings is 1. The van der Waals surface area contributed by atoms with Crippen molar-refractivity contribution < 1.29 is 4.73 Å². The molecule has 2 rings (SSSR count). The van der Waals surface area contributed by atoms with E-state index in [1.54, 1.807) is 12.1 Å². The van der Waals surface area contributed by atoms with Crippen molar-refractivity contribution in [1.82, 2.24) is 0 Å². The Morgan fingerprint density at radius 2 is 1.64 bits per heavy atom. The first kappa shape index (κ1) is 8.93. The molecule has 0 atom stereocenters. The Balaban J connectivity index is 2.34. The topological polar surface area (TPSA) is 82.2 Å². The first-order valence-electron chi connectivity index (χ1n) is 4.72. The molecule has 4 N–H and O–H groups in total. The second-order valence-electron chi connectivity index (χ2n) is 3.55. The van der Waals surface area contributed by atoms with Crippen LogP contribution in [-0.4, -0.2) is 13.1 Å². The van der Waals surface area contributed by atoms with E-state index >= 15 is 0 Å². The van der Waals surface area contributed by atoms with Gasteiger partial charge in [-0.15, -0.1) is 0 Å². The lowest BCUT2D eigenvalue weighted by Crippen LogP contribution is -2.35. The van der Waals surface area contributed by atoms with Crippen LogP contribution in [0, 0.1) is 5.21 Å². The number of nitrogens with two attached hydrogens (primary N) is 2. The molecule has 14 heavy (non-hydrogen) atoms. The van der Waals surface area contributed by atoms with E-state index in [9.17, 15) is 5.21 Å². The Morgan fingerprint density at radius 3 is 2.14 bits per heavy atom. The highest BCUT2D eigenvalue weighted by molar-refractivity contribution is 5.55. The summed E-state index contributed by atoms with van der Waals surface area (Å²) in [5.74, 6) is 0.318. The third-order valence-corrected chi connectivity index (χ3v) is 2.53. The van der Waals surface area contributed by atoms with Crippen LogP contribution in [0.4, 0.5) is 17.3 Å². The van der Waals surface area contributed by atoms with Gasteiger partial charge in [0.15, 0.2) is 0 Å². The summed E-state index contributed by atoms with van der Waals surface area (Å²) in [7, 11) is 0. The van der Waals surface area contributed by atoms with Gasteiger partial charge in [0.25, 0.3) is 0 Å². The Morgan fingerprint density at radius 1 is 1.14 bits per heavy atom. The second-order valence-corrected chi connectivity index (χ2v) is 3.55. The lowest BCUT2D eigenvalue weighted by atomic mass is 10.3. The van der Waals surface area contributed by atoms with Gasteiger partial charge in [-0.1, -0.05) is 0 Å². The van der Waals surface area contributed by atoms with E-state index in [0.29, 0.717) is 4.73 Å². The molecule has 1 aliphatic rings. The summed E-state index contributed by atoms with van der Waals surface area (Å²) in [6, 6.07) is 3.35. The van der Waals surface area contributed by atoms with Crippen LogP contribution in [-0.2, 0) is 0 Å². The molecule has 5 nitrogen and oxygen atoms in total. The summed E-state index contributed by atoms with van der Waals surface area (Å²) in [6.07, 6.45) is 2.37. The lowest BCUT2D eigenvalue weighted by molar-refractivity contribution is -0.574. The SMILES string of the molecule is Nc1cc(N2CCCC2)cc(N)[n+]1[O-]. The van der Waals surface area contributed by atoms with Crippen LogP contribution in [0.15, 0.2) is 12.1 Å². The minimum Gasteiger partial charge on any atom is -0.740 e. The highest BCUT2D eigenvalue weighted by Crippen LogP contribution is 2.22. The molecule has 0 radical (unpaired) electrons. The zero-order chi connectivity index (χ0) is 10.1. The molecule has 0 saturated carbocycles. The van der Waals surface area contributed by atoms with E-state index in [-0.39, 0.29) is 11.6 Å². The Labute approximate surface area is 82.5 Å². The van der Waals surface area contributed by atoms with Gasteiger partial charge >= 0.3 is 0 Å².